The summed E-state index contributed by atoms with van der Waals surface area (Å²) in [5.74, 6) is 1.75. The Balaban J connectivity index is 2.26. The zero-order valence-electron chi connectivity index (χ0n) is 13.0. The third kappa shape index (κ3) is 1.67. The van der Waals surface area contributed by atoms with Gasteiger partial charge in [-0.1, -0.05) is 39.8 Å². The Morgan fingerprint density at radius 3 is 2.40 bits per heavy atom. The summed E-state index contributed by atoms with van der Waals surface area (Å²) in [6.45, 7) is 11.6. The highest BCUT2D eigenvalue weighted by molar-refractivity contribution is 6.17. The van der Waals surface area contributed by atoms with E-state index in [4.69, 9.17) is 16.6 Å². The van der Waals surface area contributed by atoms with E-state index in [1.54, 1.807) is 0 Å². The predicted molar refractivity (Wildman–Crippen MR) is 85.5 cm³/mol. The molecule has 1 fully saturated rings. The summed E-state index contributed by atoms with van der Waals surface area (Å²) < 4.78 is 2.47. The Morgan fingerprint density at radius 1 is 1.20 bits per heavy atom. The molecule has 0 bridgehead atoms. The van der Waals surface area contributed by atoms with Crippen LogP contribution in [-0.2, 0) is 6.42 Å². The summed E-state index contributed by atoms with van der Waals surface area (Å²) in [6, 6.07) is 6.87. The minimum atomic E-state index is 0.296. The van der Waals surface area contributed by atoms with E-state index in [1.165, 1.54) is 11.1 Å². The molecule has 1 aromatic carbocycles. The summed E-state index contributed by atoms with van der Waals surface area (Å²) in [5, 5.41) is 0. The molecule has 0 radical (unpaired) electrons. The van der Waals surface area contributed by atoms with Gasteiger partial charge >= 0.3 is 0 Å². The smallest absolute Gasteiger partial charge is 0.111 e. The molecule has 2 nitrogen and oxygen atoms in total. The maximum absolute atomic E-state index is 5.99. The number of fused-ring (bicyclic) bond motifs is 1. The van der Waals surface area contributed by atoms with Crippen molar-refractivity contribution in [1.29, 1.82) is 0 Å². The number of imidazole rings is 1. The van der Waals surface area contributed by atoms with Crippen LogP contribution in [-0.4, -0.2) is 15.4 Å². The van der Waals surface area contributed by atoms with E-state index in [2.05, 4.69) is 57.4 Å². The molecule has 108 valence electrons. The molecule has 2 aromatic rings. The van der Waals surface area contributed by atoms with Gasteiger partial charge in [-0.3, -0.25) is 0 Å². The third-order valence-electron chi connectivity index (χ3n) is 5.51. The van der Waals surface area contributed by atoms with Gasteiger partial charge < -0.3 is 4.57 Å². The molecule has 0 atom stereocenters. The fourth-order valence-corrected chi connectivity index (χ4v) is 3.88. The summed E-state index contributed by atoms with van der Waals surface area (Å²) in [6.07, 6.45) is 0.832. The lowest BCUT2D eigenvalue weighted by atomic mass is 10.0. The van der Waals surface area contributed by atoms with E-state index in [1.807, 2.05) is 0 Å². The van der Waals surface area contributed by atoms with Gasteiger partial charge in [-0.05, 0) is 29.4 Å². The third-order valence-corrected chi connectivity index (χ3v) is 5.69. The molecule has 1 saturated carbocycles. The summed E-state index contributed by atoms with van der Waals surface area (Å²) in [4.78, 5) is 4.83. The maximum Gasteiger partial charge on any atom is 0.111 e. The van der Waals surface area contributed by atoms with Crippen LogP contribution in [0.3, 0.4) is 0 Å². The van der Waals surface area contributed by atoms with Crippen LogP contribution in [0.2, 0.25) is 0 Å². The Labute approximate surface area is 126 Å². The molecule has 3 heteroatoms. The van der Waals surface area contributed by atoms with Crippen LogP contribution in [0, 0.1) is 17.8 Å². The van der Waals surface area contributed by atoms with E-state index >= 15 is 0 Å². The average molecular weight is 291 g/mol. The number of rotatable bonds is 3. The highest BCUT2D eigenvalue weighted by Gasteiger charge is 2.66. The minimum Gasteiger partial charge on any atom is -0.323 e. The van der Waals surface area contributed by atoms with Crippen molar-refractivity contribution in [3.63, 3.8) is 0 Å². The van der Waals surface area contributed by atoms with Gasteiger partial charge in [0.1, 0.15) is 5.82 Å². The largest absolute Gasteiger partial charge is 0.323 e. The van der Waals surface area contributed by atoms with E-state index in [0.717, 1.165) is 17.8 Å². The van der Waals surface area contributed by atoms with Gasteiger partial charge in [0.2, 0.25) is 0 Å². The monoisotopic (exact) mass is 290 g/mol. The Hall–Kier alpha value is -1.02. The first-order valence-corrected chi connectivity index (χ1v) is 7.88. The quantitative estimate of drug-likeness (QED) is 0.747. The van der Waals surface area contributed by atoms with Crippen molar-refractivity contribution in [2.24, 2.45) is 10.8 Å². The second-order valence-corrected chi connectivity index (χ2v) is 7.50. The van der Waals surface area contributed by atoms with Crippen molar-refractivity contribution >= 4 is 22.6 Å². The van der Waals surface area contributed by atoms with Crippen LogP contribution in [0.4, 0.5) is 0 Å². The van der Waals surface area contributed by atoms with Crippen molar-refractivity contribution < 1.29 is 0 Å². The van der Waals surface area contributed by atoms with E-state index in [-0.39, 0.29) is 0 Å². The fourth-order valence-electron chi connectivity index (χ4n) is 3.72. The van der Waals surface area contributed by atoms with E-state index in [9.17, 15) is 0 Å². The molecule has 0 spiro atoms. The lowest BCUT2D eigenvalue weighted by molar-refractivity contribution is 0.457. The number of halogens is 1. The van der Waals surface area contributed by atoms with Gasteiger partial charge in [-0.15, -0.1) is 11.6 Å². The molecule has 0 saturated heterocycles. The molecule has 0 N–H and O–H groups in total. The number of aryl methyl sites for hydroxylation is 2. The van der Waals surface area contributed by atoms with Crippen LogP contribution >= 0.6 is 11.6 Å². The molecule has 0 amide bonds. The second-order valence-electron chi connectivity index (χ2n) is 7.13. The predicted octanol–water partition coefficient (Wildman–Crippen LogP) is 4.73. The van der Waals surface area contributed by atoms with E-state index < -0.39 is 0 Å². The Kier molecular flexibility index (Phi) is 2.95. The highest BCUT2D eigenvalue weighted by atomic mass is 35.5. The molecule has 0 unspecified atom stereocenters. The van der Waals surface area contributed by atoms with E-state index in [0.29, 0.717) is 22.8 Å². The van der Waals surface area contributed by atoms with Crippen molar-refractivity contribution in [3.8, 4) is 0 Å². The van der Waals surface area contributed by atoms with Crippen LogP contribution in [0.25, 0.3) is 11.0 Å². The van der Waals surface area contributed by atoms with Gasteiger partial charge in [-0.2, -0.15) is 0 Å². The topological polar surface area (TPSA) is 17.8 Å². The van der Waals surface area contributed by atoms with Gasteiger partial charge in [0, 0.05) is 18.3 Å². The average Bonchev–Trinajstić information content (AvgIpc) is 2.66. The summed E-state index contributed by atoms with van der Waals surface area (Å²) >= 11 is 5.99. The number of hydrogen-bond donors (Lipinski definition) is 0. The van der Waals surface area contributed by atoms with Crippen LogP contribution in [0.15, 0.2) is 18.2 Å². The minimum absolute atomic E-state index is 0.296. The van der Waals surface area contributed by atoms with Gasteiger partial charge in [-0.25, -0.2) is 4.98 Å². The molecule has 20 heavy (non-hydrogen) atoms. The first-order valence-electron chi connectivity index (χ1n) is 7.34. The van der Waals surface area contributed by atoms with Gasteiger partial charge in [0.25, 0.3) is 0 Å². The van der Waals surface area contributed by atoms with Crippen LogP contribution in [0.1, 0.15) is 45.1 Å². The number of benzene rings is 1. The number of para-hydroxylation sites is 1. The normalized spacial score (nSPS) is 20.5. The maximum atomic E-state index is 5.99. The van der Waals surface area contributed by atoms with Crippen molar-refractivity contribution in [2.45, 2.75) is 47.1 Å². The standard InChI is InChI=1S/C17H23ClN2/c1-11-7-6-8-12-14(11)20(13(19-12)9-10-18)15-16(2,3)17(15,4)5/h6-8,15H,9-10H2,1-5H3. The first-order chi connectivity index (χ1) is 9.32. The fraction of sp³-hybridized carbons (Fsp3) is 0.588. The molecular formula is C17H23ClN2. The van der Waals surface area contributed by atoms with Gasteiger partial charge in [0.15, 0.2) is 0 Å². The zero-order valence-corrected chi connectivity index (χ0v) is 13.8. The number of aromatic nitrogens is 2. The number of hydrogen-bond acceptors (Lipinski definition) is 1. The van der Waals surface area contributed by atoms with Crippen molar-refractivity contribution in [2.75, 3.05) is 5.88 Å². The van der Waals surface area contributed by atoms with Gasteiger partial charge in [0.05, 0.1) is 11.0 Å². The Bertz CT molecular complexity index is 653. The molecule has 3 rings (SSSR count). The molecule has 1 heterocycles. The van der Waals surface area contributed by atoms with Crippen molar-refractivity contribution in [1.82, 2.24) is 9.55 Å². The molecule has 1 aliphatic carbocycles. The number of nitrogens with zero attached hydrogens (tertiary/aromatic N) is 2. The Morgan fingerprint density at radius 2 is 1.85 bits per heavy atom. The molecule has 0 aliphatic heterocycles. The summed E-state index contributed by atoms with van der Waals surface area (Å²) in [7, 11) is 0. The van der Waals surface area contributed by atoms with Crippen molar-refractivity contribution in [3.05, 3.63) is 29.6 Å². The first kappa shape index (κ1) is 13.9. The zero-order chi connectivity index (χ0) is 14.7. The van der Waals surface area contributed by atoms with Crippen LogP contribution in [0.5, 0.6) is 0 Å². The number of alkyl halides is 1. The SMILES string of the molecule is Cc1cccc2nc(CCCl)n(C3C(C)(C)C3(C)C)c12. The second kappa shape index (κ2) is 4.24. The highest BCUT2D eigenvalue weighted by Crippen LogP contribution is 2.72. The molecule has 1 aliphatic rings. The lowest BCUT2D eigenvalue weighted by Gasteiger charge is -2.12. The molecule has 1 aromatic heterocycles. The lowest BCUT2D eigenvalue weighted by Crippen LogP contribution is -2.07. The molecular weight excluding hydrogens is 268 g/mol. The summed E-state index contributed by atoms with van der Waals surface area (Å²) in [5.41, 5.74) is 4.28. The van der Waals surface area contributed by atoms with Crippen LogP contribution < -0.4 is 0 Å².